The second kappa shape index (κ2) is 9.38. The highest BCUT2D eigenvalue weighted by Crippen LogP contribution is 2.26. The number of nitrogens with one attached hydrogen (secondary N) is 2. The van der Waals surface area contributed by atoms with E-state index >= 15 is 0 Å². The van der Waals surface area contributed by atoms with Gasteiger partial charge in [-0.3, -0.25) is 4.79 Å². The van der Waals surface area contributed by atoms with Crippen molar-refractivity contribution in [3.63, 3.8) is 0 Å². The maximum Gasteiger partial charge on any atom is 0.224 e. The van der Waals surface area contributed by atoms with Crippen molar-refractivity contribution in [2.24, 2.45) is 11.8 Å². The van der Waals surface area contributed by atoms with Crippen molar-refractivity contribution < 1.29 is 9.53 Å². The highest BCUT2D eigenvalue weighted by Gasteiger charge is 2.22. The first-order valence-electron chi connectivity index (χ1n) is 9.40. The molecule has 2 heterocycles. The number of aromatic nitrogens is 2. The molecule has 0 aliphatic carbocycles. The van der Waals surface area contributed by atoms with Gasteiger partial charge in [-0.05, 0) is 49.9 Å². The van der Waals surface area contributed by atoms with Crippen molar-refractivity contribution in [2.45, 2.75) is 32.7 Å². The maximum absolute atomic E-state index is 12.5. The Kier molecular flexibility index (Phi) is 6.66. The molecule has 1 aromatic carbocycles. The highest BCUT2D eigenvalue weighted by molar-refractivity contribution is 5.92. The molecule has 0 saturated carbocycles. The fraction of sp³-hybridized carbons (Fsp3) is 0.500. The molecule has 6 heteroatoms. The van der Waals surface area contributed by atoms with E-state index in [1.54, 1.807) is 12.5 Å². The van der Waals surface area contributed by atoms with Gasteiger partial charge in [0.25, 0.3) is 0 Å². The second-order valence-corrected chi connectivity index (χ2v) is 6.98. The quantitative estimate of drug-likeness (QED) is 0.763. The zero-order valence-corrected chi connectivity index (χ0v) is 15.4. The van der Waals surface area contributed by atoms with Crippen molar-refractivity contribution >= 4 is 11.6 Å². The predicted octanol–water partition coefficient (Wildman–Crippen LogP) is 2.93. The average Bonchev–Trinajstić information content (AvgIpc) is 3.17. The van der Waals surface area contributed by atoms with E-state index in [9.17, 15) is 4.79 Å². The summed E-state index contributed by atoms with van der Waals surface area (Å²) in [5.74, 6) is 1.70. The molecule has 1 fully saturated rings. The number of carbonyl (C=O) groups excluding carboxylic acids is 1. The van der Waals surface area contributed by atoms with Crippen LogP contribution >= 0.6 is 0 Å². The zero-order valence-electron chi connectivity index (χ0n) is 15.4. The summed E-state index contributed by atoms with van der Waals surface area (Å²) in [4.78, 5) is 16.5. The topological polar surface area (TPSA) is 68.2 Å². The number of hydrogen-bond donors (Lipinski definition) is 2. The number of benzene rings is 1. The normalized spacial score (nSPS) is 18.3. The van der Waals surface area contributed by atoms with Gasteiger partial charge in [0.2, 0.25) is 5.91 Å². The molecule has 2 unspecified atom stereocenters. The number of nitrogens with zero attached hydrogens (tertiary/aromatic N) is 2. The van der Waals surface area contributed by atoms with Gasteiger partial charge in [-0.25, -0.2) is 4.98 Å². The first-order chi connectivity index (χ1) is 12.7. The first kappa shape index (κ1) is 18.5. The number of amides is 1. The molecular formula is C20H28N4O2. The summed E-state index contributed by atoms with van der Waals surface area (Å²) in [6, 6.07) is 7.60. The Balaban J connectivity index is 1.50. The van der Waals surface area contributed by atoms with Crippen LogP contribution < -0.4 is 15.4 Å². The van der Waals surface area contributed by atoms with Gasteiger partial charge < -0.3 is 19.9 Å². The fourth-order valence-corrected chi connectivity index (χ4v) is 3.40. The summed E-state index contributed by atoms with van der Waals surface area (Å²) < 4.78 is 7.82. The molecule has 2 atom stereocenters. The molecule has 140 valence electrons. The summed E-state index contributed by atoms with van der Waals surface area (Å²) in [7, 11) is 0. The molecule has 6 nitrogen and oxygen atoms in total. The number of imidazole rings is 1. The van der Waals surface area contributed by atoms with Crippen molar-refractivity contribution in [2.75, 3.05) is 25.0 Å². The van der Waals surface area contributed by atoms with Crippen molar-refractivity contribution in [1.82, 2.24) is 14.9 Å². The molecule has 1 aromatic heterocycles. The minimum Gasteiger partial charge on any atom is -0.490 e. The summed E-state index contributed by atoms with van der Waals surface area (Å²) in [5.41, 5.74) is 0.733. The van der Waals surface area contributed by atoms with Crippen LogP contribution in [0.5, 0.6) is 5.75 Å². The van der Waals surface area contributed by atoms with Crippen molar-refractivity contribution in [1.29, 1.82) is 0 Å². The van der Waals surface area contributed by atoms with Crippen LogP contribution in [0.1, 0.15) is 26.2 Å². The highest BCUT2D eigenvalue weighted by atomic mass is 16.5. The van der Waals surface area contributed by atoms with Gasteiger partial charge in [0.1, 0.15) is 12.4 Å². The summed E-state index contributed by atoms with van der Waals surface area (Å²) in [5, 5.41) is 6.45. The van der Waals surface area contributed by atoms with E-state index < -0.39 is 0 Å². The van der Waals surface area contributed by atoms with Gasteiger partial charge in [0.15, 0.2) is 0 Å². The van der Waals surface area contributed by atoms with Gasteiger partial charge >= 0.3 is 0 Å². The number of piperidine rings is 1. The van der Waals surface area contributed by atoms with E-state index in [4.69, 9.17) is 4.74 Å². The largest absolute Gasteiger partial charge is 0.490 e. The third-order valence-electron chi connectivity index (χ3n) is 4.97. The van der Waals surface area contributed by atoms with Crippen LogP contribution in [0, 0.1) is 11.8 Å². The van der Waals surface area contributed by atoms with E-state index in [1.807, 2.05) is 35.0 Å². The fourth-order valence-electron chi connectivity index (χ4n) is 3.40. The molecule has 0 radical (unpaired) electrons. The van der Waals surface area contributed by atoms with E-state index in [0.717, 1.165) is 18.8 Å². The first-order valence-corrected chi connectivity index (χ1v) is 9.40. The minimum absolute atomic E-state index is 0.0498. The van der Waals surface area contributed by atoms with Gasteiger partial charge in [0, 0.05) is 18.8 Å². The minimum atomic E-state index is 0.0498. The second-order valence-electron chi connectivity index (χ2n) is 6.98. The maximum atomic E-state index is 12.5. The Hall–Kier alpha value is -2.34. The molecule has 1 aliphatic rings. The molecule has 0 spiro atoms. The lowest BCUT2D eigenvalue weighted by Crippen LogP contribution is -2.34. The van der Waals surface area contributed by atoms with Gasteiger partial charge in [-0.2, -0.15) is 0 Å². The molecule has 0 bridgehead atoms. The third kappa shape index (κ3) is 5.33. The van der Waals surface area contributed by atoms with Crippen LogP contribution in [-0.2, 0) is 11.3 Å². The molecular weight excluding hydrogens is 328 g/mol. The van der Waals surface area contributed by atoms with Crippen LogP contribution in [0.2, 0.25) is 0 Å². The van der Waals surface area contributed by atoms with Crippen LogP contribution in [-0.4, -0.2) is 35.2 Å². The average molecular weight is 356 g/mol. The number of rotatable bonds is 8. The summed E-state index contributed by atoms with van der Waals surface area (Å²) in [6.45, 7) is 5.52. The van der Waals surface area contributed by atoms with E-state index in [1.165, 1.54) is 12.8 Å². The molecule has 2 aromatic rings. The predicted molar refractivity (Wildman–Crippen MR) is 102 cm³/mol. The van der Waals surface area contributed by atoms with Gasteiger partial charge in [0.05, 0.1) is 18.6 Å². The number of anilines is 1. The molecule has 1 aliphatic heterocycles. The summed E-state index contributed by atoms with van der Waals surface area (Å²) in [6.07, 6.45) is 8.35. The standard InChI is InChI=1S/C20H28N4O2/c1-16(17-5-4-8-21-14-17)13-20(25)23-18-6-2-3-7-19(18)26-12-11-24-10-9-22-15-24/h2-3,6-7,9-10,15-17,21H,4-5,8,11-14H2,1H3,(H,23,25). The van der Waals surface area contributed by atoms with E-state index in [-0.39, 0.29) is 5.91 Å². The molecule has 3 rings (SSSR count). The number of hydrogen-bond acceptors (Lipinski definition) is 4. The van der Waals surface area contributed by atoms with Crippen LogP contribution in [0.15, 0.2) is 43.0 Å². The lowest BCUT2D eigenvalue weighted by atomic mass is 9.85. The van der Waals surface area contributed by atoms with Crippen molar-refractivity contribution in [3.05, 3.63) is 43.0 Å². The zero-order chi connectivity index (χ0) is 18.2. The Morgan fingerprint density at radius 3 is 3.12 bits per heavy atom. The van der Waals surface area contributed by atoms with Crippen LogP contribution in [0.3, 0.4) is 0 Å². The molecule has 2 N–H and O–H groups in total. The lowest BCUT2D eigenvalue weighted by molar-refractivity contribution is -0.117. The van der Waals surface area contributed by atoms with Crippen LogP contribution in [0.25, 0.3) is 0 Å². The Bertz CT molecular complexity index is 681. The van der Waals surface area contributed by atoms with E-state index in [2.05, 4.69) is 22.5 Å². The van der Waals surface area contributed by atoms with Crippen molar-refractivity contribution in [3.8, 4) is 5.75 Å². The molecule has 1 amide bonds. The lowest BCUT2D eigenvalue weighted by Gasteiger charge is -2.28. The Morgan fingerprint density at radius 1 is 1.46 bits per heavy atom. The molecule has 26 heavy (non-hydrogen) atoms. The number of carbonyl (C=O) groups is 1. The van der Waals surface area contributed by atoms with E-state index in [0.29, 0.717) is 37.2 Å². The monoisotopic (exact) mass is 356 g/mol. The number of para-hydroxylation sites is 2. The smallest absolute Gasteiger partial charge is 0.224 e. The SMILES string of the molecule is CC(CC(=O)Nc1ccccc1OCCn1ccnc1)C1CCCNC1. The van der Waals surface area contributed by atoms with Crippen LogP contribution in [0.4, 0.5) is 5.69 Å². The summed E-state index contributed by atoms with van der Waals surface area (Å²) >= 11 is 0. The molecule has 1 saturated heterocycles. The van der Waals surface area contributed by atoms with Gasteiger partial charge in [-0.15, -0.1) is 0 Å². The Morgan fingerprint density at radius 2 is 2.35 bits per heavy atom. The Labute approximate surface area is 155 Å². The van der Waals surface area contributed by atoms with Gasteiger partial charge in [-0.1, -0.05) is 19.1 Å². The third-order valence-corrected chi connectivity index (χ3v) is 4.97. The number of ether oxygens (including phenoxy) is 1.